The Kier molecular flexibility index (Phi) is 4.22. The highest BCUT2D eigenvalue weighted by Crippen LogP contribution is 2.23. The molecule has 0 aliphatic heterocycles. The molecule has 0 aliphatic carbocycles. The van der Waals surface area contributed by atoms with Crippen molar-refractivity contribution >= 4 is 15.9 Å². The Morgan fingerprint density at radius 3 is 2.47 bits per heavy atom. The zero-order valence-electron chi connectivity index (χ0n) is 8.78. The highest BCUT2D eigenvalue weighted by Gasteiger charge is 2.21. The molecule has 1 aromatic rings. The van der Waals surface area contributed by atoms with Crippen LogP contribution in [0.2, 0.25) is 0 Å². The summed E-state index contributed by atoms with van der Waals surface area (Å²) in [6, 6.07) is 4.04. The van der Waals surface area contributed by atoms with E-state index in [4.69, 9.17) is 0 Å². The lowest BCUT2D eigenvalue weighted by atomic mass is 9.84. The van der Waals surface area contributed by atoms with Gasteiger partial charge in [-0.05, 0) is 17.7 Å². The van der Waals surface area contributed by atoms with Gasteiger partial charge in [0.1, 0.15) is 0 Å². The van der Waals surface area contributed by atoms with E-state index in [1.807, 2.05) is 13.8 Å². The van der Waals surface area contributed by atoms with Gasteiger partial charge in [-0.25, -0.2) is 8.78 Å². The minimum absolute atomic E-state index is 0.220. The zero-order chi connectivity index (χ0) is 11.5. The van der Waals surface area contributed by atoms with Crippen molar-refractivity contribution in [1.82, 2.24) is 5.32 Å². The normalized spacial score (nSPS) is 11.8. The highest BCUT2D eigenvalue weighted by atomic mass is 79.9. The van der Waals surface area contributed by atoms with E-state index in [1.54, 1.807) is 6.07 Å². The molecule has 0 saturated heterocycles. The molecule has 1 nitrogen and oxygen atoms in total. The standard InChI is InChI=1S/C11H14BrF2N/c1-11(2,6-15-7-12)8-3-4-9(13)10(14)5-8/h3-5,15H,6-7H2,1-2H3. The molecule has 0 unspecified atom stereocenters. The number of hydrogen-bond acceptors (Lipinski definition) is 1. The number of hydrogen-bond donors (Lipinski definition) is 1. The molecule has 0 aliphatic rings. The summed E-state index contributed by atoms with van der Waals surface area (Å²) in [7, 11) is 0. The number of benzene rings is 1. The molecule has 84 valence electrons. The van der Waals surface area contributed by atoms with E-state index < -0.39 is 11.6 Å². The van der Waals surface area contributed by atoms with E-state index in [1.165, 1.54) is 12.1 Å². The first kappa shape index (κ1) is 12.6. The third-order valence-electron chi connectivity index (χ3n) is 2.36. The Labute approximate surface area is 97.0 Å². The minimum atomic E-state index is -0.803. The molecule has 4 heteroatoms. The first-order valence-corrected chi connectivity index (χ1v) is 5.82. The Morgan fingerprint density at radius 1 is 1.27 bits per heavy atom. The fourth-order valence-electron chi connectivity index (χ4n) is 1.38. The van der Waals surface area contributed by atoms with Gasteiger partial charge in [-0.2, -0.15) is 0 Å². The summed E-state index contributed by atoms with van der Waals surface area (Å²) in [6.45, 7) is 4.66. The van der Waals surface area contributed by atoms with Gasteiger partial charge >= 0.3 is 0 Å². The van der Waals surface area contributed by atoms with Gasteiger partial charge in [0.25, 0.3) is 0 Å². The molecular weight excluding hydrogens is 264 g/mol. The van der Waals surface area contributed by atoms with Crippen molar-refractivity contribution in [2.75, 3.05) is 12.0 Å². The molecule has 0 heterocycles. The van der Waals surface area contributed by atoms with Crippen LogP contribution in [0.4, 0.5) is 8.78 Å². The lowest BCUT2D eigenvalue weighted by Gasteiger charge is -2.25. The number of nitrogens with one attached hydrogen (secondary N) is 1. The van der Waals surface area contributed by atoms with Crippen LogP contribution in [0.15, 0.2) is 18.2 Å². The van der Waals surface area contributed by atoms with Gasteiger partial charge in [0.2, 0.25) is 0 Å². The average molecular weight is 278 g/mol. The Bertz CT molecular complexity index is 339. The van der Waals surface area contributed by atoms with Gasteiger partial charge < -0.3 is 5.32 Å². The van der Waals surface area contributed by atoms with Crippen LogP contribution < -0.4 is 5.32 Å². The topological polar surface area (TPSA) is 12.0 Å². The van der Waals surface area contributed by atoms with Crippen LogP contribution in [0.5, 0.6) is 0 Å². The Hall–Kier alpha value is -0.480. The second kappa shape index (κ2) is 5.03. The third-order valence-corrected chi connectivity index (χ3v) is 2.76. The molecule has 0 spiro atoms. The van der Waals surface area contributed by atoms with Crippen molar-refractivity contribution in [2.24, 2.45) is 0 Å². The fourth-order valence-corrected chi connectivity index (χ4v) is 1.58. The second-order valence-electron chi connectivity index (χ2n) is 4.07. The predicted octanol–water partition coefficient (Wildman–Crippen LogP) is 3.18. The SMILES string of the molecule is CC(C)(CNCBr)c1ccc(F)c(F)c1. The van der Waals surface area contributed by atoms with Gasteiger partial charge in [-0.15, -0.1) is 0 Å². The lowest BCUT2D eigenvalue weighted by molar-refractivity contribution is 0.472. The Balaban J connectivity index is 2.89. The van der Waals surface area contributed by atoms with Crippen LogP contribution in [0.1, 0.15) is 19.4 Å². The predicted molar refractivity (Wildman–Crippen MR) is 61.2 cm³/mol. The van der Waals surface area contributed by atoms with E-state index >= 15 is 0 Å². The molecule has 0 aromatic heterocycles. The van der Waals surface area contributed by atoms with Gasteiger partial charge in [-0.1, -0.05) is 35.8 Å². The minimum Gasteiger partial charge on any atom is -0.306 e. The zero-order valence-corrected chi connectivity index (χ0v) is 10.4. The van der Waals surface area contributed by atoms with Crippen molar-refractivity contribution in [3.05, 3.63) is 35.4 Å². The fraction of sp³-hybridized carbons (Fsp3) is 0.455. The van der Waals surface area contributed by atoms with Gasteiger partial charge in [0, 0.05) is 12.0 Å². The van der Waals surface area contributed by atoms with Crippen LogP contribution in [0, 0.1) is 11.6 Å². The summed E-state index contributed by atoms with van der Waals surface area (Å²) in [6.07, 6.45) is 0. The molecule has 0 saturated carbocycles. The third kappa shape index (κ3) is 3.24. The van der Waals surface area contributed by atoms with Crippen molar-refractivity contribution in [2.45, 2.75) is 19.3 Å². The van der Waals surface area contributed by atoms with E-state index in [2.05, 4.69) is 21.2 Å². The Morgan fingerprint density at radius 2 is 1.93 bits per heavy atom. The average Bonchev–Trinajstić information content (AvgIpc) is 2.19. The molecular formula is C11H14BrF2N. The maximum atomic E-state index is 13.0. The van der Waals surface area contributed by atoms with Gasteiger partial charge in [0.05, 0.1) is 5.45 Å². The number of rotatable bonds is 4. The smallest absolute Gasteiger partial charge is 0.159 e. The monoisotopic (exact) mass is 277 g/mol. The summed E-state index contributed by atoms with van der Waals surface area (Å²) < 4.78 is 25.8. The van der Waals surface area contributed by atoms with Gasteiger partial charge in [-0.3, -0.25) is 0 Å². The molecule has 0 atom stereocenters. The molecule has 1 N–H and O–H groups in total. The van der Waals surface area contributed by atoms with Crippen LogP contribution >= 0.6 is 15.9 Å². The molecule has 0 fully saturated rings. The maximum absolute atomic E-state index is 13.0. The quantitative estimate of drug-likeness (QED) is 0.659. The van der Waals surface area contributed by atoms with E-state index in [0.29, 0.717) is 12.0 Å². The summed E-state index contributed by atoms with van der Waals surface area (Å²) >= 11 is 3.26. The van der Waals surface area contributed by atoms with E-state index in [9.17, 15) is 8.78 Å². The van der Waals surface area contributed by atoms with Crippen molar-refractivity contribution in [1.29, 1.82) is 0 Å². The molecule has 0 bridgehead atoms. The first-order chi connectivity index (χ1) is 6.97. The summed E-state index contributed by atoms with van der Waals surface area (Å²) in [5, 5.41) is 3.12. The summed E-state index contributed by atoms with van der Waals surface area (Å²) in [4.78, 5) is 0. The number of halogens is 3. The van der Waals surface area contributed by atoms with Crippen LogP contribution in [-0.2, 0) is 5.41 Å². The second-order valence-corrected chi connectivity index (χ2v) is 4.63. The lowest BCUT2D eigenvalue weighted by Crippen LogP contribution is -2.32. The van der Waals surface area contributed by atoms with Gasteiger partial charge in [0.15, 0.2) is 11.6 Å². The maximum Gasteiger partial charge on any atom is 0.159 e. The van der Waals surface area contributed by atoms with E-state index in [0.717, 1.165) is 5.56 Å². The molecule has 1 rings (SSSR count). The molecule has 0 amide bonds. The summed E-state index contributed by atoms with van der Waals surface area (Å²) in [5.41, 5.74) is 1.25. The number of alkyl halides is 1. The molecule has 15 heavy (non-hydrogen) atoms. The summed E-state index contributed by atoms with van der Waals surface area (Å²) in [5.74, 6) is -1.59. The van der Waals surface area contributed by atoms with Crippen LogP contribution in [0.3, 0.4) is 0 Å². The molecule has 0 radical (unpaired) electrons. The highest BCUT2D eigenvalue weighted by molar-refractivity contribution is 9.09. The van der Waals surface area contributed by atoms with Crippen molar-refractivity contribution in [3.63, 3.8) is 0 Å². The van der Waals surface area contributed by atoms with Crippen molar-refractivity contribution < 1.29 is 8.78 Å². The molecule has 1 aromatic carbocycles. The first-order valence-electron chi connectivity index (χ1n) is 4.69. The van der Waals surface area contributed by atoms with Crippen molar-refractivity contribution in [3.8, 4) is 0 Å². The van der Waals surface area contributed by atoms with E-state index in [-0.39, 0.29) is 5.41 Å². The largest absolute Gasteiger partial charge is 0.306 e. The van der Waals surface area contributed by atoms with Crippen LogP contribution in [-0.4, -0.2) is 12.0 Å². The van der Waals surface area contributed by atoms with Crippen LogP contribution in [0.25, 0.3) is 0 Å².